The summed E-state index contributed by atoms with van der Waals surface area (Å²) in [5, 5.41) is 9.02. The number of aryl methyl sites for hydroxylation is 2. The second-order valence-corrected chi connectivity index (χ2v) is 8.09. The van der Waals surface area contributed by atoms with Gasteiger partial charge < -0.3 is 4.90 Å². The normalized spacial score (nSPS) is 14.5. The van der Waals surface area contributed by atoms with E-state index in [1.54, 1.807) is 22.9 Å². The molecular formula is C24H28N6O. The molecule has 160 valence electrons. The van der Waals surface area contributed by atoms with Crippen LogP contribution in [0.2, 0.25) is 0 Å². The van der Waals surface area contributed by atoms with Crippen molar-refractivity contribution in [1.82, 2.24) is 19.2 Å². The van der Waals surface area contributed by atoms with Crippen LogP contribution in [-0.2, 0) is 6.54 Å². The predicted octanol–water partition coefficient (Wildman–Crippen LogP) is 2.73. The van der Waals surface area contributed by atoms with Crippen LogP contribution in [0.25, 0.3) is 5.69 Å². The fraction of sp³-hybridized carbons (Fsp3) is 0.375. The molecule has 3 heterocycles. The summed E-state index contributed by atoms with van der Waals surface area (Å²) in [6.07, 6.45) is 2.78. The highest BCUT2D eigenvalue weighted by molar-refractivity contribution is 5.41. The van der Waals surface area contributed by atoms with E-state index < -0.39 is 0 Å². The van der Waals surface area contributed by atoms with Crippen molar-refractivity contribution in [3.05, 3.63) is 75.8 Å². The number of benzene rings is 1. The number of hydrogen-bond acceptors (Lipinski definition) is 5. The second-order valence-electron chi connectivity index (χ2n) is 8.09. The van der Waals surface area contributed by atoms with Crippen molar-refractivity contribution in [1.29, 1.82) is 5.26 Å². The van der Waals surface area contributed by atoms with Crippen molar-refractivity contribution >= 4 is 5.82 Å². The Balaban J connectivity index is 1.35. The van der Waals surface area contributed by atoms with E-state index in [0.29, 0.717) is 12.1 Å². The molecule has 0 spiro atoms. The summed E-state index contributed by atoms with van der Waals surface area (Å²) < 4.78 is 3.74. The largest absolute Gasteiger partial charge is 0.354 e. The maximum atomic E-state index is 12.5. The fourth-order valence-electron chi connectivity index (χ4n) is 4.17. The van der Waals surface area contributed by atoms with Gasteiger partial charge in [-0.2, -0.15) is 5.26 Å². The quantitative estimate of drug-likeness (QED) is 0.618. The molecule has 0 aliphatic carbocycles. The highest BCUT2D eigenvalue weighted by Crippen LogP contribution is 2.15. The van der Waals surface area contributed by atoms with Gasteiger partial charge >= 0.3 is 0 Å². The summed E-state index contributed by atoms with van der Waals surface area (Å²) in [6, 6.07) is 15.3. The molecule has 1 fully saturated rings. The standard InChI is InChI=1S/C24H28N6O/c1-19-8-9-26-23(16-19)28-14-12-27(13-15-28)10-3-11-29-24(31)17-20(2)30(29)22-6-4-21(18-25)5-7-22/h4-9,16-17H,3,10-15H2,1-2H3. The van der Waals surface area contributed by atoms with Gasteiger partial charge in [-0.25, -0.2) is 9.67 Å². The third-order valence-electron chi connectivity index (χ3n) is 5.84. The lowest BCUT2D eigenvalue weighted by atomic mass is 10.2. The molecule has 0 unspecified atom stereocenters. The van der Waals surface area contributed by atoms with Gasteiger partial charge in [-0.3, -0.25) is 14.4 Å². The zero-order valence-corrected chi connectivity index (χ0v) is 18.2. The van der Waals surface area contributed by atoms with E-state index in [-0.39, 0.29) is 5.56 Å². The van der Waals surface area contributed by atoms with E-state index in [0.717, 1.165) is 56.3 Å². The summed E-state index contributed by atoms with van der Waals surface area (Å²) in [5.74, 6) is 1.06. The first kappa shape index (κ1) is 20.9. The Morgan fingerprint density at radius 3 is 2.42 bits per heavy atom. The number of rotatable bonds is 6. The highest BCUT2D eigenvalue weighted by atomic mass is 16.1. The topological polar surface area (TPSA) is 70.1 Å². The minimum atomic E-state index is 0.0113. The molecule has 0 bridgehead atoms. The van der Waals surface area contributed by atoms with Gasteiger partial charge in [0.2, 0.25) is 0 Å². The Labute approximate surface area is 182 Å². The lowest BCUT2D eigenvalue weighted by Crippen LogP contribution is -2.47. The Kier molecular flexibility index (Phi) is 6.19. The first-order valence-electron chi connectivity index (χ1n) is 10.7. The Morgan fingerprint density at radius 2 is 1.74 bits per heavy atom. The van der Waals surface area contributed by atoms with Crippen molar-refractivity contribution in [2.45, 2.75) is 26.8 Å². The first-order chi connectivity index (χ1) is 15.0. The molecule has 7 nitrogen and oxygen atoms in total. The Morgan fingerprint density at radius 1 is 1.00 bits per heavy atom. The first-order valence-corrected chi connectivity index (χ1v) is 10.7. The monoisotopic (exact) mass is 416 g/mol. The van der Waals surface area contributed by atoms with Crippen molar-refractivity contribution in [3.8, 4) is 11.8 Å². The molecule has 0 atom stereocenters. The predicted molar refractivity (Wildman–Crippen MR) is 122 cm³/mol. The van der Waals surface area contributed by atoms with Crippen LogP contribution in [0.5, 0.6) is 0 Å². The second kappa shape index (κ2) is 9.19. The van der Waals surface area contributed by atoms with Gasteiger partial charge in [-0.1, -0.05) is 0 Å². The number of anilines is 1. The van der Waals surface area contributed by atoms with E-state index in [1.165, 1.54) is 5.56 Å². The van der Waals surface area contributed by atoms with Crippen LogP contribution in [0.1, 0.15) is 23.2 Å². The molecular weight excluding hydrogens is 388 g/mol. The third-order valence-corrected chi connectivity index (χ3v) is 5.84. The van der Waals surface area contributed by atoms with Gasteiger partial charge in [0.1, 0.15) is 5.82 Å². The van der Waals surface area contributed by atoms with Crippen molar-refractivity contribution in [3.63, 3.8) is 0 Å². The number of hydrogen-bond donors (Lipinski definition) is 0. The molecule has 1 saturated heterocycles. The van der Waals surface area contributed by atoms with Crippen LogP contribution in [0.15, 0.2) is 53.5 Å². The molecule has 3 aromatic rings. The van der Waals surface area contributed by atoms with Gasteiger partial charge in [-0.15, -0.1) is 0 Å². The zero-order valence-electron chi connectivity index (χ0n) is 18.2. The number of piperazine rings is 1. The maximum Gasteiger partial charge on any atom is 0.267 e. The number of pyridine rings is 1. The molecule has 1 aliphatic rings. The van der Waals surface area contributed by atoms with E-state index in [1.807, 2.05) is 36.0 Å². The van der Waals surface area contributed by atoms with Gasteiger partial charge in [0.05, 0.1) is 17.3 Å². The van der Waals surface area contributed by atoms with Gasteiger partial charge in [0, 0.05) is 57.2 Å². The maximum absolute atomic E-state index is 12.5. The van der Waals surface area contributed by atoms with Gasteiger partial charge in [0.15, 0.2) is 0 Å². The molecule has 0 N–H and O–H groups in total. The lowest BCUT2D eigenvalue weighted by molar-refractivity contribution is 0.247. The molecule has 1 aromatic carbocycles. The van der Waals surface area contributed by atoms with Crippen LogP contribution >= 0.6 is 0 Å². The molecule has 0 saturated carbocycles. The van der Waals surface area contributed by atoms with Gasteiger partial charge in [0.25, 0.3) is 5.56 Å². The fourth-order valence-corrected chi connectivity index (χ4v) is 4.17. The third kappa shape index (κ3) is 4.70. The van der Waals surface area contributed by atoms with Crippen LogP contribution < -0.4 is 10.5 Å². The molecule has 31 heavy (non-hydrogen) atoms. The average Bonchev–Trinajstić information content (AvgIpc) is 3.07. The summed E-state index contributed by atoms with van der Waals surface area (Å²) in [5.41, 5.74) is 3.66. The molecule has 1 aliphatic heterocycles. The van der Waals surface area contributed by atoms with E-state index in [2.05, 4.69) is 33.8 Å². The van der Waals surface area contributed by atoms with E-state index in [9.17, 15) is 4.79 Å². The van der Waals surface area contributed by atoms with Crippen LogP contribution in [0.3, 0.4) is 0 Å². The van der Waals surface area contributed by atoms with Crippen molar-refractivity contribution < 1.29 is 0 Å². The molecule has 4 rings (SSSR count). The van der Waals surface area contributed by atoms with Crippen molar-refractivity contribution in [2.75, 3.05) is 37.6 Å². The summed E-state index contributed by atoms with van der Waals surface area (Å²) in [6.45, 7) is 9.59. The summed E-state index contributed by atoms with van der Waals surface area (Å²) in [7, 11) is 0. The lowest BCUT2D eigenvalue weighted by Gasteiger charge is -2.35. The minimum Gasteiger partial charge on any atom is -0.354 e. The summed E-state index contributed by atoms with van der Waals surface area (Å²) >= 11 is 0. The Bertz CT molecular complexity index is 1130. The van der Waals surface area contributed by atoms with E-state index >= 15 is 0 Å². The smallest absolute Gasteiger partial charge is 0.267 e. The number of nitrogens with zero attached hydrogens (tertiary/aromatic N) is 6. The Hall–Kier alpha value is -3.37. The highest BCUT2D eigenvalue weighted by Gasteiger charge is 2.18. The molecule has 7 heteroatoms. The number of nitriles is 1. The van der Waals surface area contributed by atoms with Gasteiger partial charge in [-0.05, 0) is 62.2 Å². The van der Waals surface area contributed by atoms with E-state index in [4.69, 9.17) is 5.26 Å². The minimum absolute atomic E-state index is 0.0113. The SMILES string of the molecule is Cc1ccnc(N2CCN(CCCn3c(=O)cc(C)n3-c3ccc(C#N)cc3)CC2)c1. The molecule has 2 aromatic heterocycles. The molecule has 0 radical (unpaired) electrons. The zero-order chi connectivity index (χ0) is 21.8. The van der Waals surface area contributed by atoms with Crippen molar-refractivity contribution in [2.24, 2.45) is 0 Å². The van der Waals surface area contributed by atoms with Crippen LogP contribution in [0, 0.1) is 25.2 Å². The van der Waals surface area contributed by atoms with Crippen LogP contribution in [0.4, 0.5) is 5.82 Å². The molecule has 0 amide bonds. The summed E-state index contributed by atoms with van der Waals surface area (Å²) in [4.78, 5) is 21.8. The number of aromatic nitrogens is 3. The van der Waals surface area contributed by atoms with Crippen LogP contribution in [-0.4, -0.2) is 52.0 Å². The average molecular weight is 417 g/mol.